The summed E-state index contributed by atoms with van der Waals surface area (Å²) in [4.78, 5) is 12.5. The normalized spacial score (nSPS) is 27.8. The van der Waals surface area contributed by atoms with E-state index < -0.39 is 5.97 Å². The van der Waals surface area contributed by atoms with E-state index in [4.69, 9.17) is 9.84 Å². The van der Waals surface area contributed by atoms with Crippen LogP contribution >= 0.6 is 0 Å². The van der Waals surface area contributed by atoms with Gasteiger partial charge in [0, 0.05) is 12.5 Å². The molecule has 13 heavy (non-hydrogen) atoms. The maximum Gasteiger partial charge on any atom is 0.303 e. The molecule has 0 aromatic carbocycles. The Labute approximate surface area is 78.5 Å². The number of hydrogen-bond acceptors (Lipinski definition) is 3. The second-order valence-electron chi connectivity index (χ2n) is 3.95. The molecule has 1 N–H and O–H groups in total. The Kier molecular flexibility index (Phi) is 2.93. The molecular formula is C9H17NO3. The minimum atomic E-state index is -0.738. The number of aliphatic carboxylic acids is 1. The van der Waals surface area contributed by atoms with Gasteiger partial charge in [0.25, 0.3) is 0 Å². The van der Waals surface area contributed by atoms with Gasteiger partial charge in [0.2, 0.25) is 0 Å². The Morgan fingerprint density at radius 1 is 1.69 bits per heavy atom. The lowest BCUT2D eigenvalue weighted by Gasteiger charge is -2.29. The number of carbonyl (C=O) groups is 1. The lowest BCUT2D eigenvalue weighted by molar-refractivity contribution is -0.137. The SMILES string of the molecule is CN1C(CCC(=O)O)COC1(C)C. The van der Waals surface area contributed by atoms with Crippen LogP contribution in [-0.4, -0.2) is 41.4 Å². The molecule has 4 heteroatoms. The molecule has 1 aliphatic rings. The molecule has 0 spiro atoms. The topological polar surface area (TPSA) is 49.8 Å². The lowest BCUT2D eigenvalue weighted by atomic mass is 10.1. The van der Waals surface area contributed by atoms with E-state index in [1.807, 2.05) is 20.9 Å². The zero-order chi connectivity index (χ0) is 10.1. The van der Waals surface area contributed by atoms with E-state index in [-0.39, 0.29) is 18.2 Å². The van der Waals surface area contributed by atoms with Gasteiger partial charge in [-0.1, -0.05) is 0 Å². The summed E-state index contributed by atoms with van der Waals surface area (Å²) in [7, 11) is 1.97. The molecule has 1 fully saturated rings. The van der Waals surface area contributed by atoms with Crippen LogP contribution in [0.25, 0.3) is 0 Å². The standard InChI is InChI=1S/C9H17NO3/c1-9(2)10(3)7(6-13-9)4-5-8(11)12/h7H,4-6H2,1-3H3,(H,11,12). The van der Waals surface area contributed by atoms with E-state index in [0.717, 1.165) is 0 Å². The van der Waals surface area contributed by atoms with E-state index in [1.54, 1.807) is 0 Å². The summed E-state index contributed by atoms with van der Waals surface area (Å²) in [6, 6.07) is 0.242. The predicted octanol–water partition coefficient (Wildman–Crippen LogP) is 0.918. The maximum atomic E-state index is 10.4. The van der Waals surface area contributed by atoms with Crippen molar-refractivity contribution >= 4 is 5.97 Å². The molecule has 0 aromatic rings. The van der Waals surface area contributed by atoms with Gasteiger partial charge in [0.1, 0.15) is 5.72 Å². The molecule has 4 nitrogen and oxygen atoms in total. The predicted molar refractivity (Wildman–Crippen MR) is 48.5 cm³/mol. The highest BCUT2D eigenvalue weighted by molar-refractivity contribution is 5.66. The Morgan fingerprint density at radius 3 is 2.69 bits per heavy atom. The van der Waals surface area contributed by atoms with Gasteiger partial charge in [-0.15, -0.1) is 0 Å². The fraction of sp³-hybridized carbons (Fsp3) is 0.889. The zero-order valence-electron chi connectivity index (χ0n) is 8.41. The molecule has 1 rings (SSSR count). The van der Waals surface area contributed by atoms with Gasteiger partial charge in [-0.25, -0.2) is 0 Å². The molecule has 76 valence electrons. The number of likely N-dealkylation sites (N-methyl/N-ethyl adjacent to an activating group) is 1. The highest BCUT2D eigenvalue weighted by atomic mass is 16.5. The molecule has 0 aromatic heterocycles. The minimum absolute atomic E-state index is 0.217. The number of ether oxygens (including phenoxy) is 1. The molecule has 0 bridgehead atoms. The summed E-state index contributed by atoms with van der Waals surface area (Å²) in [6.07, 6.45) is 0.879. The van der Waals surface area contributed by atoms with Crippen molar-refractivity contribution < 1.29 is 14.6 Å². The fourth-order valence-electron chi connectivity index (χ4n) is 1.52. The van der Waals surface area contributed by atoms with E-state index in [2.05, 4.69) is 4.90 Å². The van der Waals surface area contributed by atoms with E-state index in [0.29, 0.717) is 13.0 Å². The molecular weight excluding hydrogens is 170 g/mol. The van der Waals surface area contributed by atoms with Crippen molar-refractivity contribution in [1.29, 1.82) is 0 Å². The van der Waals surface area contributed by atoms with Gasteiger partial charge in [-0.05, 0) is 27.3 Å². The van der Waals surface area contributed by atoms with Crippen molar-refractivity contribution in [3.8, 4) is 0 Å². The third-order valence-corrected chi connectivity index (χ3v) is 2.72. The quantitative estimate of drug-likeness (QED) is 0.713. The van der Waals surface area contributed by atoms with Gasteiger partial charge in [-0.3, -0.25) is 9.69 Å². The van der Waals surface area contributed by atoms with Gasteiger partial charge >= 0.3 is 5.97 Å². The Balaban J connectivity index is 2.42. The average Bonchev–Trinajstić information content (AvgIpc) is 2.25. The zero-order valence-corrected chi connectivity index (χ0v) is 8.41. The fourth-order valence-corrected chi connectivity index (χ4v) is 1.52. The molecule has 1 aliphatic heterocycles. The Hall–Kier alpha value is -0.610. The molecule has 1 heterocycles. The van der Waals surface area contributed by atoms with E-state index >= 15 is 0 Å². The van der Waals surface area contributed by atoms with Crippen LogP contribution in [0.4, 0.5) is 0 Å². The van der Waals surface area contributed by atoms with Crippen LogP contribution in [0.3, 0.4) is 0 Å². The van der Waals surface area contributed by atoms with Crippen LogP contribution in [0.2, 0.25) is 0 Å². The van der Waals surface area contributed by atoms with Crippen LogP contribution < -0.4 is 0 Å². The summed E-state index contributed by atoms with van der Waals surface area (Å²) in [5.41, 5.74) is -0.247. The molecule has 0 radical (unpaired) electrons. The average molecular weight is 187 g/mol. The third kappa shape index (κ3) is 2.42. The van der Waals surface area contributed by atoms with E-state index in [1.165, 1.54) is 0 Å². The second-order valence-corrected chi connectivity index (χ2v) is 3.95. The van der Waals surface area contributed by atoms with E-state index in [9.17, 15) is 4.79 Å². The number of carboxylic acid groups (broad SMARTS) is 1. The highest BCUT2D eigenvalue weighted by Gasteiger charge is 2.37. The van der Waals surface area contributed by atoms with Gasteiger partial charge in [0.15, 0.2) is 0 Å². The van der Waals surface area contributed by atoms with Crippen molar-refractivity contribution in [2.45, 2.75) is 38.5 Å². The number of hydrogen-bond donors (Lipinski definition) is 1. The van der Waals surface area contributed by atoms with Gasteiger partial charge in [-0.2, -0.15) is 0 Å². The first-order valence-corrected chi connectivity index (χ1v) is 4.52. The first-order chi connectivity index (χ1) is 5.93. The monoisotopic (exact) mass is 187 g/mol. The van der Waals surface area contributed by atoms with Crippen LogP contribution in [0.15, 0.2) is 0 Å². The number of nitrogens with zero attached hydrogens (tertiary/aromatic N) is 1. The number of rotatable bonds is 3. The first-order valence-electron chi connectivity index (χ1n) is 4.52. The third-order valence-electron chi connectivity index (χ3n) is 2.72. The largest absolute Gasteiger partial charge is 0.481 e. The molecule has 0 saturated carbocycles. The summed E-state index contributed by atoms with van der Waals surface area (Å²) in [6.45, 7) is 4.62. The lowest BCUT2D eigenvalue weighted by Crippen LogP contribution is -2.40. The smallest absolute Gasteiger partial charge is 0.303 e. The summed E-state index contributed by atoms with van der Waals surface area (Å²) in [5, 5.41) is 8.53. The van der Waals surface area contributed by atoms with Gasteiger partial charge in [0.05, 0.1) is 6.61 Å². The molecule has 1 unspecified atom stereocenters. The van der Waals surface area contributed by atoms with Crippen LogP contribution in [0, 0.1) is 0 Å². The van der Waals surface area contributed by atoms with Crippen LogP contribution in [0.1, 0.15) is 26.7 Å². The summed E-state index contributed by atoms with van der Waals surface area (Å²) < 4.78 is 5.53. The maximum absolute atomic E-state index is 10.4. The molecule has 0 amide bonds. The van der Waals surface area contributed by atoms with Gasteiger partial charge < -0.3 is 9.84 Å². The van der Waals surface area contributed by atoms with Crippen molar-refractivity contribution in [3.05, 3.63) is 0 Å². The highest BCUT2D eigenvalue weighted by Crippen LogP contribution is 2.27. The van der Waals surface area contributed by atoms with Crippen molar-refractivity contribution in [2.24, 2.45) is 0 Å². The molecule has 1 atom stereocenters. The van der Waals surface area contributed by atoms with Crippen LogP contribution in [0.5, 0.6) is 0 Å². The van der Waals surface area contributed by atoms with Crippen molar-refractivity contribution in [3.63, 3.8) is 0 Å². The molecule has 0 aliphatic carbocycles. The van der Waals surface area contributed by atoms with Crippen LogP contribution in [-0.2, 0) is 9.53 Å². The summed E-state index contributed by atoms with van der Waals surface area (Å²) in [5.74, 6) is -0.738. The Morgan fingerprint density at radius 2 is 2.31 bits per heavy atom. The minimum Gasteiger partial charge on any atom is -0.481 e. The van der Waals surface area contributed by atoms with Crippen molar-refractivity contribution in [2.75, 3.05) is 13.7 Å². The molecule has 1 saturated heterocycles. The summed E-state index contributed by atoms with van der Waals surface area (Å²) >= 11 is 0. The Bertz CT molecular complexity index is 203. The van der Waals surface area contributed by atoms with Crippen molar-refractivity contribution in [1.82, 2.24) is 4.90 Å². The second kappa shape index (κ2) is 3.64. The first kappa shape index (κ1) is 10.5. The number of carboxylic acids is 1.